The molecule has 0 aliphatic heterocycles. The summed E-state index contributed by atoms with van der Waals surface area (Å²) in [5.41, 5.74) is 2.67. The van der Waals surface area contributed by atoms with Crippen LogP contribution in [-0.2, 0) is 11.3 Å². The van der Waals surface area contributed by atoms with Crippen molar-refractivity contribution in [1.82, 2.24) is 9.97 Å². The third-order valence-corrected chi connectivity index (χ3v) is 4.52. The highest BCUT2D eigenvalue weighted by Crippen LogP contribution is 2.19. The molecule has 3 aromatic carbocycles. The van der Waals surface area contributed by atoms with Crippen molar-refractivity contribution < 1.29 is 4.74 Å². The zero-order valence-electron chi connectivity index (χ0n) is 15.3. The lowest BCUT2D eigenvalue weighted by molar-refractivity contribution is 0.112. The van der Waals surface area contributed by atoms with Gasteiger partial charge in [0.25, 0.3) is 5.56 Å². The maximum Gasteiger partial charge on any atom is 0.260 e. The Hall–Kier alpha value is -3.44. The highest BCUT2D eigenvalue weighted by molar-refractivity contribution is 5.78. The molecule has 4 rings (SSSR count). The summed E-state index contributed by atoms with van der Waals surface area (Å²) in [6.07, 6.45) is 0. The summed E-state index contributed by atoms with van der Waals surface area (Å²) < 4.78 is 5.94. The van der Waals surface area contributed by atoms with E-state index in [1.54, 1.807) is 6.07 Å². The molecule has 5 heteroatoms. The molecule has 1 aromatic heterocycles. The summed E-state index contributed by atoms with van der Waals surface area (Å²) in [6.45, 7) is 0.961. The first-order valence-electron chi connectivity index (χ1n) is 9.22. The molecule has 0 saturated heterocycles. The fourth-order valence-corrected chi connectivity index (χ4v) is 3.10. The van der Waals surface area contributed by atoms with E-state index in [1.807, 2.05) is 78.9 Å². The maximum absolute atomic E-state index is 12.3. The lowest BCUT2D eigenvalue weighted by Gasteiger charge is -2.20. The Morgan fingerprint density at radius 2 is 1.57 bits per heavy atom. The zero-order chi connectivity index (χ0) is 19.2. The van der Waals surface area contributed by atoms with Crippen molar-refractivity contribution in [2.45, 2.75) is 12.6 Å². The van der Waals surface area contributed by atoms with Gasteiger partial charge in [0, 0.05) is 0 Å². The second-order valence-corrected chi connectivity index (χ2v) is 6.54. The molecule has 2 N–H and O–H groups in total. The summed E-state index contributed by atoms with van der Waals surface area (Å²) in [7, 11) is 0. The molecule has 28 heavy (non-hydrogen) atoms. The first-order valence-corrected chi connectivity index (χ1v) is 9.22. The molecule has 0 aliphatic carbocycles. The van der Waals surface area contributed by atoms with Crippen LogP contribution in [0, 0.1) is 0 Å². The topological polar surface area (TPSA) is 67.0 Å². The van der Waals surface area contributed by atoms with Gasteiger partial charge in [0.05, 0.1) is 30.2 Å². The van der Waals surface area contributed by atoms with Crippen LogP contribution < -0.4 is 10.9 Å². The number of aromatic amines is 1. The predicted octanol–water partition coefficient (Wildman–Crippen LogP) is 4.29. The number of H-pyrrole nitrogens is 1. The largest absolute Gasteiger partial charge is 0.374 e. The van der Waals surface area contributed by atoms with E-state index in [1.165, 1.54) is 0 Å². The number of anilines is 1. The van der Waals surface area contributed by atoms with Crippen LogP contribution in [0.2, 0.25) is 0 Å². The second kappa shape index (κ2) is 8.50. The van der Waals surface area contributed by atoms with Gasteiger partial charge in [0.2, 0.25) is 5.95 Å². The number of benzene rings is 3. The minimum atomic E-state index is -0.162. The van der Waals surface area contributed by atoms with Gasteiger partial charge in [-0.2, -0.15) is 0 Å². The SMILES string of the molecule is O=c1[nH]c(NC(COCc2ccccc2)c2ccccc2)nc2ccccc12. The number of hydrogen-bond acceptors (Lipinski definition) is 4. The Bertz CT molecular complexity index is 1090. The summed E-state index contributed by atoms with van der Waals surface area (Å²) in [5.74, 6) is 0.431. The van der Waals surface area contributed by atoms with Crippen LogP contribution in [0.25, 0.3) is 10.9 Å². The number of fused-ring (bicyclic) bond motifs is 1. The van der Waals surface area contributed by atoms with Crippen LogP contribution in [0.5, 0.6) is 0 Å². The van der Waals surface area contributed by atoms with Crippen molar-refractivity contribution in [2.75, 3.05) is 11.9 Å². The van der Waals surface area contributed by atoms with Crippen molar-refractivity contribution in [3.8, 4) is 0 Å². The molecule has 0 aliphatic rings. The Labute approximate surface area is 163 Å². The van der Waals surface area contributed by atoms with E-state index in [9.17, 15) is 4.79 Å². The number of nitrogens with one attached hydrogen (secondary N) is 2. The molecule has 1 unspecified atom stereocenters. The van der Waals surface area contributed by atoms with Crippen molar-refractivity contribution in [3.05, 3.63) is 106 Å². The number of para-hydroxylation sites is 1. The normalized spacial score (nSPS) is 12.0. The summed E-state index contributed by atoms with van der Waals surface area (Å²) in [6, 6.07) is 27.2. The standard InChI is InChI=1S/C23H21N3O2/c27-22-19-13-7-8-14-20(19)24-23(26-22)25-21(18-11-5-2-6-12-18)16-28-15-17-9-3-1-4-10-17/h1-14,21H,15-16H2,(H2,24,25,26,27). The molecule has 0 bridgehead atoms. The minimum Gasteiger partial charge on any atom is -0.374 e. The average molecular weight is 371 g/mol. The predicted molar refractivity (Wildman–Crippen MR) is 111 cm³/mol. The summed E-state index contributed by atoms with van der Waals surface area (Å²) >= 11 is 0. The smallest absolute Gasteiger partial charge is 0.260 e. The molecular weight excluding hydrogens is 350 g/mol. The molecule has 140 valence electrons. The Morgan fingerprint density at radius 1 is 0.893 bits per heavy atom. The third kappa shape index (κ3) is 4.27. The molecule has 0 spiro atoms. The molecule has 0 amide bonds. The molecular formula is C23H21N3O2. The first kappa shape index (κ1) is 17.9. The molecule has 0 fully saturated rings. The summed E-state index contributed by atoms with van der Waals surface area (Å²) in [4.78, 5) is 19.7. The number of rotatable bonds is 7. The third-order valence-electron chi connectivity index (χ3n) is 4.52. The molecule has 0 radical (unpaired) electrons. The molecule has 0 saturated carbocycles. The van der Waals surface area contributed by atoms with Gasteiger partial charge in [-0.3, -0.25) is 9.78 Å². The van der Waals surface area contributed by atoms with Gasteiger partial charge < -0.3 is 10.1 Å². The highest BCUT2D eigenvalue weighted by Gasteiger charge is 2.14. The Kier molecular flexibility index (Phi) is 5.45. The fourth-order valence-electron chi connectivity index (χ4n) is 3.10. The van der Waals surface area contributed by atoms with Gasteiger partial charge in [0.1, 0.15) is 0 Å². The van der Waals surface area contributed by atoms with Gasteiger partial charge in [-0.15, -0.1) is 0 Å². The first-order chi connectivity index (χ1) is 13.8. The van der Waals surface area contributed by atoms with Crippen LogP contribution in [0.1, 0.15) is 17.2 Å². The van der Waals surface area contributed by atoms with Crippen molar-refractivity contribution in [1.29, 1.82) is 0 Å². The van der Waals surface area contributed by atoms with Crippen LogP contribution in [-0.4, -0.2) is 16.6 Å². The van der Waals surface area contributed by atoms with E-state index in [0.29, 0.717) is 30.1 Å². The quantitative estimate of drug-likeness (QED) is 0.508. The van der Waals surface area contributed by atoms with E-state index >= 15 is 0 Å². The lowest BCUT2D eigenvalue weighted by atomic mass is 10.1. The number of ether oxygens (including phenoxy) is 1. The lowest BCUT2D eigenvalue weighted by Crippen LogP contribution is -2.21. The average Bonchev–Trinajstić information content (AvgIpc) is 2.74. The maximum atomic E-state index is 12.3. The number of aromatic nitrogens is 2. The van der Waals surface area contributed by atoms with E-state index in [4.69, 9.17) is 4.74 Å². The van der Waals surface area contributed by atoms with Crippen LogP contribution in [0.3, 0.4) is 0 Å². The van der Waals surface area contributed by atoms with E-state index in [2.05, 4.69) is 15.3 Å². The summed E-state index contributed by atoms with van der Waals surface area (Å²) in [5, 5.41) is 3.90. The Balaban J connectivity index is 1.55. The van der Waals surface area contributed by atoms with Gasteiger partial charge in [-0.25, -0.2) is 4.98 Å². The molecule has 4 aromatic rings. The zero-order valence-corrected chi connectivity index (χ0v) is 15.3. The molecule has 1 atom stereocenters. The van der Waals surface area contributed by atoms with E-state index in [-0.39, 0.29) is 11.6 Å². The second-order valence-electron chi connectivity index (χ2n) is 6.54. The monoisotopic (exact) mass is 371 g/mol. The highest BCUT2D eigenvalue weighted by atomic mass is 16.5. The van der Waals surface area contributed by atoms with Crippen molar-refractivity contribution in [3.63, 3.8) is 0 Å². The van der Waals surface area contributed by atoms with Crippen LogP contribution in [0.15, 0.2) is 89.7 Å². The number of nitrogens with zero attached hydrogens (tertiary/aromatic N) is 1. The number of hydrogen-bond donors (Lipinski definition) is 2. The fraction of sp³-hybridized carbons (Fsp3) is 0.130. The van der Waals surface area contributed by atoms with Crippen LogP contribution >= 0.6 is 0 Å². The Morgan fingerprint density at radius 3 is 2.36 bits per heavy atom. The van der Waals surface area contributed by atoms with Crippen molar-refractivity contribution >= 4 is 16.9 Å². The van der Waals surface area contributed by atoms with Crippen LogP contribution in [0.4, 0.5) is 5.95 Å². The van der Waals surface area contributed by atoms with E-state index in [0.717, 1.165) is 11.1 Å². The van der Waals surface area contributed by atoms with Gasteiger partial charge >= 0.3 is 0 Å². The minimum absolute atomic E-state index is 0.144. The molecule has 5 nitrogen and oxygen atoms in total. The van der Waals surface area contributed by atoms with Gasteiger partial charge in [0.15, 0.2) is 0 Å². The molecule has 1 heterocycles. The van der Waals surface area contributed by atoms with Gasteiger partial charge in [-0.05, 0) is 23.3 Å². The van der Waals surface area contributed by atoms with Crippen molar-refractivity contribution in [2.24, 2.45) is 0 Å². The van der Waals surface area contributed by atoms with E-state index < -0.39 is 0 Å². The van der Waals surface area contributed by atoms with Gasteiger partial charge in [-0.1, -0.05) is 72.8 Å².